The molecule has 0 spiro atoms. The Balaban J connectivity index is 2.19. The van der Waals surface area contributed by atoms with Crippen LogP contribution < -0.4 is 4.74 Å². The molecule has 0 saturated heterocycles. The third-order valence-corrected chi connectivity index (χ3v) is 3.30. The number of ether oxygens (including phenoxy) is 1. The third kappa shape index (κ3) is 3.49. The third-order valence-electron chi connectivity index (χ3n) is 3.30. The van der Waals surface area contributed by atoms with E-state index in [9.17, 15) is 4.79 Å². The van der Waals surface area contributed by atoms with E-state index >= 15 is 0 Å². The molecule has 0 saturated carbocycles. The lowest BCUT2D eigenvalue weighted by atomic mass is 9.99. The molecule has 0 heterocycles. The maximum atomic E-state index is 12.5. The number of nitrogens with zero attached hydrogens (tertiary/aromatic N) is 1. The first-order valence-corrected chi connectivity index (χ1v) is 6.79. The summed E-state index contributed by atoms with van der Waals surface area (Å²) >= 11 is 0. The molecule has 21 heavy (non-hydrogen) atoms. The molecule has 0 aliphatic rings. The normalized spacial score (nSPS) is 11.5. The average Bonchev–Trinajstić information content (AvgIpc) is 2.49. The molecular weight excluding hydrogens is 262 g/mol. The lowest BCUT2D eigenvalue weighted by Gasteiger charge is -2.15. The van der Waals surface area contributed by atoms with Crippen molar-refractivity contribution in [2.75, 3.05) is 0 Å². The fourth-order valence-electron chi connectivity index (χ4n) is 2.12. The van der Waals surface area contributed by atoms with Gasteiger partial charge in [0, 0.05) is 5.56 Å². The average molecular weight is 279 g/mol. The van der Waals surface area contributed by atoms with Crippen LogP contribution in [0.5, 0.6) is 5.75 Å². The number of benzene rings is 2. The molecule has 0 aromatic heterocycles. The molecule has 0 aliphatic heterocycles. The summed E-state index contributed by atoms with van der Waals surface area (Å²) < 4.78 is 5.67. The van der Waals surface area contributed by atoms with E-state index in [1.807, 2.05) is 32.0 Å². The summed E-state index contributed by atoms with van der Waals surface area (Å²) in [6.45, 7) is 5.59. The molecule has 0 radical (unpaired) electrons. The highest BCUT2D eigenvalue weighted by atomic mass is 16.5. The molecule has 0 aliphatic carbocycles. The van der Waals surface area contributed by atoms with Crippen LogP contribution in [-0.4, -0.2) is 11.9 Å². The quantitative estimate of drug-likeness (QED) is 0.799. The van der Waals surface area contributed by atoms with Gasteiger partial charge in [-0.3, -0.25) is 4.79 Å². The first-order chi connectivity index (χ1) is 10.0. The number of rotatable bonds is 4. The van der Waals surface area contributed by atoms with Gasteiger partial charge in [-0.05, 0) is 50.6 Å². The van der Waals surface area contributed by atoms with Crippen molar-refractivity contribution in [3.05, 3.63) is 64.7 Å². The van der Waals surface area contributed by atoms with Gasteiger partial charge in [0.05, 0.1) is 11.6 Å². The second-order valence-electron chi connectivity index (χ2n) is 5.08. The van der Waals surface area contributed by atoms with Crippen LogP contribution in [0.1, 0.15) is 34.0 Å². The van der Waals surface area contributed by atoms with Crippen molar-refractivity contribution >= 4 is 5.78 Å². The van der Waals surface area contributed by atoms with Crippen molar-refractivity contribution in [1.29, 1.82) is 5.26 Å². The summed E-state index contributed by atoms with van der Waals surface area (Å²) in [6, 6.07) is 14.7. The Morgan fingerprint density at radius 1 is 1.19 bits per heavy atom. The van der Waals surface area contributed by atoms with Gasteiger partial charge in [-0.1, -0.05) is 23.8 Å². The maximum Gasteiger partial charge on any atom is 0.203 e. The van der Waals surface area contributed by atoms with Crippen LogP contribution in [0.4, 0.5) is 0 Å². The highest BCUT2D eigenvalue weighted by molar-refractivity contribution is 6.00. The number of carbonyl (C=O) groups is 1. The number of nitriles is 1. The van der Waals surface area contributed by atoms with E-state index in [0.717, 1.165) is 11.1 Å². The van der Waals surface area contributed by atoms with Gasteiger partial charge in [0.2, 0.25) is 5.78 Å². The molecular formula is C18H17NO2. The zero-order valence-electron chi connectivity index (χ0n) is 12.4. The van der Waals surface area contributed by atoms with E-state index in [-0.39, 0.29) is 5.78 Å². The van der Waals surface area contributed by atoms with Crippen molar-refractivity contribution in [2.45, 2.75) is 26.9 Å². The van der Waals surface area contributed by atoms with Crippen LogP contribution in [0.2, 0.25) is 0 Å². The molecule has 3 nitrogen and oxygen atoms in total. The Bertz CT molecular complexity index is 713. The highest BCUT2D eigenvalue weighted by Crippen LogP contribution is 2.18. The predicted molar refractivity (Wildman–Crippen MR) is 81.5 cm³/mol. The molecule has 2 rings (SSSR count). The van der Waals surface area contributed by atoms with E-state index in [2.05, 4.69) is 6.07 Å². The lowest BCUT2D eigenvalue weighted by Crippen LogP contribution is -2.24. The minimum Gasteiger partial charge on any atom is -0.483 e. The van der Waals surface area contributed by atoms with E-state index in [4.69, 9.17) is 10.00 Å². The standard InChI is InChI=1S/C18H17NO2/c1-12-7-8-13(2)17(9-12)18(20)14(3)21-16-6-4-5-15(10-16)11-19/h4-10,14H,1-3H3/t14-/m0/s1. The van der Waals surface area contributed by atoms with Crippen molar-refractivity contribution in [3.8, 4) is 11.8 Å². The number of aryl methyl sites for hydroxylation is 2. The van der Waals surface area contributed by atoms with E-state index in [1.165, 1.54) is 0 Å². The molecule has 0 N–H and O–H groups in total. The van der Waals surface area contributed by atoms with Crippen molar-refractivity contribution in [3.63, 3.8) is 0 Å². The largest absolute Gasteiger partial charge is 0.483 e. The first kappa shape index (κ1) is 14.8. The molecule has 106 valence electrons. The summed E-state index contributed by atoms with van der Waals surface area (Å²) in [5.74, 6) is 0.471. The molecule has 0 unspecified atom stereocenters. The topological polar surface area (TPSA) is 50.1 Å². The molecule has 0 amide bonds. The summed E-state index contributed by atoms with van der Waals surface area (Å²) in [4.78, 5) is 12.5. The van der Waals surface area contributed by atoms with Gasteiger partial charge in [-0.2, -0.15) is 5.26 Å². The number of hydrogen-bond donors (Lipinski definition) is 0. The predicted octanol–water partition coefficient (Wildman–Crippen LogP) is 3.83. The van der Waals surface area contributed by atoms with Gasteiger partial charge >= 0.3 is 0 Å². The van der Waals surface area contributed by atoms with E-state index in [0.29, 0.717) is 16.9 Å². The molecule has 2 aromatic carbocycles. The summed E-state index contributed by atoms with van der Waals surface area (Å²) in [5, 5.41) is 8.88. The van der Waals surface area contributed by atoms with Crippen LogP contribution in [0.15, 0.2) is 42.5 Å². The van der Waals surface area contributed by atoms with Crippen molar-refractivity contribution < 1.29 is 9.53 Å². The Hall–Kier alpha value is -2.60. The van der Waals surface area contributed by atoms with Gasteiger partial charge in [-0.25, -0.2) is 0 Å². The number of hydrogen-bond acceptors (Lipinski definition) is 3. The summed E-state index contributed by atoms with van der Waals surface area (Å²) in [7, 11) is 0. The number of Topliss-reactive ketones (excluding diaryl/α,β-unsaturated/α-hetero) is 1. The minimum absolute atomic E-state index is 0.0569. The minimum atomic E-state index is -0.598. The maximum absolute atomic E-state index is 12.5. The zero-order valence-corrected chi connectivity index (χ0v) is 12.4. The Kier molecular flexibility index (Phi) is 4.39. The van der Waals surface area contributed by atoms with Crippen LogP contribution in [-0.2, 0) is 0 Å². The summed E-state index contributed by atoms with van der Waals surface area (Å²) in [5.41, 5.74) is 3.17. The second kappa shape index (κ2) is 6.23. The molecule has 3 heteroatoms. The van der Waals surface area contributed by atoms with Gasteiger partial charge in [-0.15, -0.1) is 0 Å². The molecule has 1 atom stereocenters. The Morgan fingerprint density at radius 2 is 1.95 bits per heavy atom. The Morgan fingerprint density at radius 3 is 2.67 bits per heavy atom. The fourth-order valence-corrected chi connectivity index (χ4v) is 2.12. The highest BCUT2D eigenvalue weighted by Gasteiger charge is 2.19. The van der Waals surface area contributed by atoms with Crippen LogP contribution in [0, 0.1) is 25.2 Å². The van der Waals surface area contributed by atoms with Crippen LogP contribution in [0.3, 0.4) is 0 Å². The smallest absolute Gasteiger partial charge is 0.203 e. The number of carbonyl (C=O) groups excluding carboxylic acids is 1. The Labute approximate surface area is 124 Å². The van der Waals surface area contributed by atoms with Crippen molar-refractivity contribution in [2.24, 2.45) is 0 Å². The van der Waals surface area contributed by atoms with Gasteiger partial charge < -0.3 is 4.74 Å². The first-order valence-electron chi connectivity index (χ1n) is 6.79. The zero-order chi connectivity index (χ0) is 15.4. The van der Waals surface area contributed by atoms with Crippen LogP contribution in [0.25, 0.3) is 0 Å². The van der Waals surface area contributed by atoms with E-state index in [1.54, 1.807) is 31.2 Å². The fraction of sp³-hybridized carbons (Fsp3) is 0.222. The van der Waals surface area contributed by atoms with Crippen LogP contribution >= 0.6 is 0 Å². The lowest BCUT2D eigenvalue weighted by molar-refractivity contribution is 0.0817. The molecule has 2 aromatic rings. The second-order valence-corrected chi connectivity index (χ2v) is 5.08. The monoisotopic (exact) mass is 279 g/mol. The molecule has 0 fully saturated rings. The van der Waals surface area contributed by atoms with Gasteiger partial charge in [0.25, 0.3) is 0 Å². The van der Waals surface area contributed by atoms with E-state index < -0.39 is 6.10 Å². The number of ketones is 1. The van der Waals surface area contributed by atoms with Crippen molar-refractivity contribution in [1.82, 2.24) is 0 Å². The van der Waals surface area contributed by atoms with Gasteiger partial charge in [0.15, 0.2) is 6.10 Å². The van der Waals surface area contributed by atoms with Gasteiger partial charge in [0.1, 0.15) is 5.75 Å². The molecule has 0 bridgehead atoms. The summed E-state index contributed by atoms with van der Waals surface area (Å²) in [6.07, 6.45) is -0.598. The SMILES string of the molecule is Cc1ccc(C)c(C(=O)[C@H](C)Oc2cccc(C#N)c2)c1.